The topological polar surface area (TPSA) is 9.72 Å². The predicted octanol–water partition coefficient (Wildman–Crippen LogP) is 1.51. The monoisotopic (exact) mass is 201 g/mol. The van der Waals surface area contributed by atoms with Crippen LogP contribution in [0.5, 0.6) is 0 Å². The number of hydrogen-bond donors (Lipinski definition) is 0. The molecule has 0 atom stereocenters. The standard InChI is InChI=1S/C11H27N3/c1-10(2,12(5)6)14(9)11(3,4)13(7)8/h1-9H3. The van der Waals surface area contributed by atoms with Crippen LogP contribution in [0.1, 0.15) is 27.7 Å². The Labute approximate surface area is 89.7 Å². The summed E-state index contributed by atoms with van der Waals surface area (Å²) in [6, 6.07) is 0. The molecule has 0 aromatic rings. The smallest absolute Gasteiger partial charge is 0.0687 e. The van der Waals surface area contributed by atoms with E-state index in [1.165, 1.54) is 0 Å². The lowest BCUT2D eigenvalue weighted by molar-refractivity contribution is -0.0999. The summed E-state index contributed by atoms with van der Waals surface area (Å²) in [6.07, 6.45) is 0. The second kappa shape index (κ2) is 4.17. The van der Waals surface area contributed by atoms with Crippen LogP contribution in [0, 0.1) is 0 Å². The Hall–Kier alpha value is -0.120. The van der Waals surface area contributed by atoms with E-state index in [-0.39, 0.29) is 11.3 Å². The summed E-state index contributed by atoms with van der Waals surface area (Å²) in [7, 11) is 10.6. The van der Waals surface area contributed by atoms with E-state index in [0.29, 0.717) is 0 Å². The molecule has 0 radical (unpaired) electrons. The first kappa shape index (κ1) is 13.9. The highest BCUT2D eigenvalue weighted by atomic mass is 15.5. The molecule has 0 bridgehead atoms. The van der Waals surface area contributed by atoms with Crippen molar-refractivity contribution >= 4 is 0 Å². The van der Waals surface area contributed by atoms with E-state index in [1.807, 2.05) is 0 Å². The van der Waals surface area contributed by atoms with E-state index in [9.17, 15) is 0 Å². The summed E-state index contributed by atoms with van der Waals surface area (Å²) in [5.74, 6) is 0. The minimum Gasteiger partial charge on any atom is -0.292 e. The zero-order valence-electron chi connectivity index (χ0n) is 11.3. The van der Waals surface area contributed by atoms with Crippen molar-refractivity contribution in [3.8, 4) is 0 Å². The van der Waals surface area contributed by atoms with E-state index >= 15 is 0 Å². The van der Waals surface area contributed by atoms with Gasteiger partial charge >= 0.3 is 0 Å². The van der Waals surface area contributed by atoms with Crippen molar-refractivity contribution in [3.05, 3.63) is 0 Å². The number of hydrogen-bond acceptors (Lipinski definition) is 3. The fourth-order valence-corrected chi connectivity index (χ4v) is 1.27. The lowest BCUT2D eigenvalue weighted by Crippen LogP contribution is -2.64. The third-order valence-corrected chi connectivity index (χ3v) is 3.83. The van der Waals surface area contributed by atoms with Crippen molar-refractivity contribution in [3.63, 3.8) is 0 Å². The van der Waals surface area contributed by atoms with Gasteiger partial charge in [0.15, 0.2) is 0 Å². The molecule has 3 nitrogen and oxygen atoms in total. The van der Waals surface area contributed by atoms with Gasteiger partial charge in [-0.1, -0.05) is 0 Å². The van der Waals surface area contributed by atoms with Crippen molar-refractivity contribution in [2.24, 2.45) is 0 Å². The summed E-state index contributed by atoms with van der Waals surface area (Å²) in [4.78, 5) is 6.84. The first-order valence-electron chi connectivity index (χ1n) is 5.13. The second-order valence-corrected chi connectivity index (χ2v) is 5.34. The molecule has 86 valence electrons. The van der Waals surface area contributed by atoms with Gasteiger partial charge in [0, 0.05) is 0 Å². The van der Waals surface area contributed by atoms with Gasteiger partial charge in [0.1, 0.15) is 0 Å². The summed E-state index contributed by atoms with van der Waals surface area (Å²) in [5.41, 5.74) is 0.0988. The zero-order valence-corrected chi connectivity index (χ0v) is 11.3. The molecule has 0 aliphatic carbocycles. The molecule has 0 spiro atoms. The maximum absolute atomic E-state index is 2.38. The Balaban J connectivity index is 4.85. The van der Waals surface area contributed by atoms with Crippen molar-refractivity contribution in [2.45, 2.75) is 39.0 Å². The van der Waals surface area contributed by atoms with Gasteiger partial charge in [-0.15, -0.1) is 0 Å². The zero-order chi connectivity index (χ0) is 11.7. The average Bonchev–Trinajstić information content (AvgIpc) is 2.02. The molecule has 0 rings (SSSR count). The maximum Gasteiger partial charge on any atom is 0.0687 e. The van der Waals surface area contributed by atoms with Crippen LogP contribution < -0.4 is 0 Å². The molecular formula is C11H27N3. The summed E-state index contributed by atoms with van der Waals surface area (Å²) in [6.45, 7) is 8.94. The molecular weight excluding hydrogens is 174 g/mol. The van der Waals surface area contributed by atoms with E-state index in [1.54, 1.807) is 0 Å². The van der Waals surface area contributed by atoms with Gasteiger partial charge in [0.2, 0.25) is 0 Å². The van der Waals surface area contributed by atoms with E-state index < -0.39 is 0 Å². The molecule has 0 amide bonds. The van der Waals surface area contributed by atoms with E-state index in [4.69, 9.17) is 0 Å². The highest BCUT2D eigenvalue weighted by Crippen LogP contribution is 2.25. The van der Waals surface area contributed by atoms with Crippen LogP contribution in [-0.2, 0) is 0 Å². The van der Waals surface area contributed by atoms with Gasteiger partial charge < -0.3 is 0 Å². The Bertz CT molecular complexity index is 163. The molecule has 0 aliphatic rings. The van der Waals surface area contributed by atoms with Crippen molar-refractivity contribution in [1.82, 2.24) is 14.7 Å². The van der Waals surface area contributed by atoms with Gasteiger partial charge in [0.25, 0.3) is 0 Å². The SMILES string of the molecule is CN(C)C(C)(C)N(C)C(C)(C)N(C)C. The molecule has 0 N–H and O–H groups in total. The Morgan fingerprint density at radius 2 is 0.786 bits per heavy atom. The average molecular weight is 201 g/mol. The van der Waals surface area contributed by atoms with Crippen LogP contribution in [0.25, 0.3) is 0 Å². The van der Waals surface area contributed by atoms with Crippen molar-refractivity contribution in [1.29, 1.82) is 0 Å². The highest BCUT2D eigenvalue weighted by Gasteiger charge is 2.37. The van der Waals surface area contributed by atoms with Crippen molar-refractivity contribution < 1.29 is 0 Å². The van der Waals surface area contributed by atoms with Gasteiger partial charge in [0.05, 0.1) is 11.3 Å². The summed E-state index contributed by atoms with van der Waals surface area (Å²) < 4.78 is 0. The minimum absolute atomic E-state index is 0.0494. The number of nitrogens with zero attached hydrogens (tertiary/aromatic N) is 3. The fourth-order valence-electron chi connectivity index (χ4n) is 1.27. The molecule has 0 aliphatic heterocycles. The van der Waals surface area contributed by atoms with E-state index in [0.717, 1.165) is 0 Å². The normalized spacial score (nSPS) is 14.6. The molecule has 0 unspecified atom stereocenters. The van der Waals surface area contributed by atoms with Crippen LogP contribution in [0.2, 0.25) is 0 Å². The summed E-state index contributed by atoms with van der Waals surface area (Å²) in [5, 5.41) is 0. The highest BCUT2D eigenvalue weighted by molar-refractivity contribution is 4.86. The molecule has 0 aromatic carbocycles. The predicted molar refractivity (Wildman–Crippen MR) is 63.3 cm³/mol. The van der Waals surface area contributed by atoms with Gasteiger partial charge in [-0.05, 0) is 62.9 Å². The maximum atomic E-state index is 2.38. The largest absolute Gasteiger partial charge is 0.292 e. The van der Waals surface area contributed by atoms with Crippen LogP contribution in [0.15, 0.2) is 0 Å². The van der Waals surface area contributed by atoms with Crippen LogP contribution in [-0.4, -0.2) is 61.3 Å². The molecule has 3 heteroatoms. The Kier molecular flexibility index (Phi) is 4.13. The van der Waals surface area contributed by atoms with E-state index in [2.05, 4.69) is 77.6 Å². The minimum atomic E-state index is 0.0494. The van der Waals surface area contributed by atoms with Crippen LogP contribution in [0.4, 0.5) is 0 Å². The van der Waals surface area contributed by atoms with Gasteiger partial charge in [-0.25, -0.2) is 0 Å². The van der Waals surface area contributed by atoms with Crippen LogP contribution >= 0.6 is 0 Å². The lowest BCUT2D eigenvalue weighted by Gasteiger charge is -2.52. The van der Waals surface area contributed by atoms with Gasteiger partial charge in [-0.2, -0.15) is 0 Å². The van der Waals surface area contributed by atoms with Crippen LogP contribution in [0.3, 0.4) is 0 Å². The molecule has 0 aromatic heterocycles. The van der Waals surface area contributed by atoms with Crippen molar-refractivity contribution in [2.75, 3.05) is 35.2 Å². The lowest BCUT2D eigenvalue weighted by atomic mass is 10.1. The Morgan fingerprint density at radius 3 is 0.929 bits per heavy atom. The molecule has 14 heavy (non-hydrogen) atoms. The second-order valence-electron chi connectivity index (χ2n) is 5.34. The van der Waals surface area contributed by atoms with Gasteiger partial charge in [-0.3, -0.25) is 14.7 Å². The molecule has 0 fully saturated rings. The molecule has 0 saturated heterocycles. The third kappa shape index (κ3) is 2.47. The molecule has 0 saturated carbocycles. The quantitative estimate of drug-likeness (QED) is 0.638. The first-order valence-corrected chi connectivity index (χ1v) is 5.13. The first-order chi connectivity index (χ1) is 6.04. The molecule has 0 heterocycles. The Morgan fingerprint density at radius 1 is 0.571 bits per heavy atom. The fraction of sp³-hybridized carbons (Fsp3) is 1.00. The number of rotatable bonds is 4. The summed E-state index contributed by atoms with van der Waals surface area (Å²) >= 11 is 0. The third-order valence-electron chi connectivity index (χ3n) is 3.83.